The molecule has 0 aromatic heterocycles. The zero-order chi connectivity index (χ0) is 13.0. The highest BCUT2D eigenvalue weighted by Crippen LogP contribution is 2.35. The van der Waals surface area contributed by atoms with Crippen LogP contribution in [0.5, 0.6) is 0 Å². The zero-order valence-electron chi connectivity index (χ0n) is 12.8. The molecule has 1 unspecified atom stereocenters. The van der Waals surface area contributed by atoms with E-state index in [2.05, 4.69) is 26.1 Å². The minimum absolute atomic E-state index is 0.579. The van der Waals surface area contributed by atoms with E-state index in [4.69, 9.17) is 0 Å². The number of hydrogen-bond donors (Lipinski definition) is 1. The van der Waals surface area contributed by atoms with E-state index in [9.17, 15) is 0 Å². The lowest BCUT2D eigenvalue weighted by molar-refractivity contribution is 0.185. The molecule has 0 aliphatic heterocycles. The maximum absolute atomic E-state index is 3.88. The molecular weight excluding hydrogens is 218 g/mol. The molecule has 1 heteroatoms. The van der Waals surface area contributed by atoms with E-state index in [-0.39, 0.29) is 0 Å². The average molecular weight is 251 g/mol. The van der Waals surface area contributed by atoms with Crippen molar-refractivity contribution in [3.05, 3.63) is 0 Å². The molecular formula is C17H33N. The van der Waals surface area contributed by atoms with E-state index in [1.807, 2.05) is 0 Å². The second-order valence-corrected chi connectivity index (χ2v) is 7.66. The molecule has 2 aliphatic rings. The summed E-state index contributed by atoms with van der Waals surface area (Å²) in [5.74, 6) is 2.01. The summed E-state index contributed by atoms with van der Waals surface area (Å²) in [5.41, 5.74) is 0.579. The summed E-state index contributed by atoms with van der Waals surface area (Å²) in [6.07, 6.45) is 13.0. The second-order valence-electron chi connectivity index (χ2n) is 7.66. The van der Waals surface area contributed by atoms with Crippen molar-refractivity contribution in [3.63, 3.8) is 0 Å². The molecule has 106 valence electrons. The highest BCUT2D eigenvalue weighted by Gasteiger charge is 2.28. The predicted octanol–water partition coefficient (Wildman–Crippen LogP) is 4.76. The van der Waals surface area contributed by atoms with Gasteiger partial charge in [0.1, 0.15) is 0 Å². The monoisotopic (exact) mass is 251 g/mol. The Bertz CT molecular complexity index is 238. The zero-order valence-corrected chi connectivity index (χ0v) is 12.8. The fraction of sp³-hybridized carbons (Fsp3) is 1.00. The van der Waals surface area contributed by atoms with E-state index in [1.165, 1.54) is 64.3 Å². The van der Waals surface area contributed by atoms with Crippen LogP contribution in [0.1, 0.15) is 78.6 Å². The van der Waals surface area contributed by atoms with Gasteiger partial charge in [0.25, 0.3) is 0 Å². The van der Waals surface area contributed by atoms with Crippen molar-refractivity contribution in [3.8, 4) is 0 Å². The first-order valence-electron chi connectivity index (χ1n) is 8.32. The van der Waals surface area contributed by atoms with Gasteiger partial charge in [-0.2, -0.15) is 0 Å². The molecule has 1 atom stereocenters. The molecule has 1 nitrogen and oxygen atoms in total. The highest BCUT2D eigenvalue weighted by molar-refractivity contribution is 4.84. The van der Waals surface area contributed by atoms with Crippen LogP contribution in [-0.4, -0.2) is 12.6 Å². The molecule has 0 spiro atoms. The molecule has 0 aromatic carbocycles. The van der Waals surface area contributed by atoms with Crippen LogP contribution in [0.3, 0.4) is 0 Å². The number of nitrogens with one attached hydrogen (secondary N) is 1. The molecule has 2 fully saturated rings. The van der Waals surface area contributed by atoms with Crippen LogP contribution in [0.25, 0.3) is 0 Å². The summed E-state index contributed by atoms with van der Waals surface area (Å²) in [6, 6.07) is 0.803. The third-order valence-electron chi connectivity index (χ3n) is 5.44. The lowest BCUT2D eigenvalue weighted by Crippen LogP contribution is -2.40. The van der Waals surface area contributed by atoms with Crippen molar-refractivity contribution in [2.75, 3.05) is 6.54 Å². The van der Waals surface area contributed by atoms with Crippen LogP contribution in [-0.2, 0) is 0 Å². The summed E-state index contributed by atoms with van der Waals surface area (Å²) < 4.78 is 0. The maximum Gasteiger partial charge on any atom is 0.00722 e. The van der Waals surface area contributed by atoms with E-state index < -0.39 is 0 Å². The van der Waals surface area contributed by atoms with Crippen molar-refractivity contribution in [1.82, 2.24) is 5.32 Å². The minimum Gasteiger partial charge on any atom is -0.314 e. The smallest absolute Gasteiger partial charge is 0.00722 e. The third kappa shape index (κ3) is 4.26. The van der Waals surface area contributed by atoms with Gasteiger partial charge in [-0.3, -0.25) is 0 Å². The van der Waals surface area contributed by atoms with Crippen LogP contribution < -0.4 is 5.32 Å². The first-order chi connectivity index (χ1) is 8.59. The van der Waals surface area contributed by atoms with Crippen LogP contribution in [0.4, 0.5) is 0 Å². The van der Waals surface area contributed by atoms with Crippen molar-refractivity contribution >= 4 is 0 Å². The van der Waals surface area contributed by atoms with Crippen molar-refractivity contribution in [2.45, 2.75) is 84.6 Å². The highest BCUT2D eigenvalue weighted by atomic mass is 14.9. The SMILES string of the molecule is CCC1CCC(CNC2CCCC(C)(C)C2)CC1. The lowest BCUT2D eigenvalue weighted by Gasteiger charge is -2.37. The molecule has 0 saturated heterocycles. The van der Waals surface area contributed by atoms with Crippen molar-refractivity contribution in [2.24, 2.45) is 17.3 Å². The Morgan fingerprint density at radius 3 is 2.28 bits per heavy atom. The Hall–Kier alpha value is -0.0400. The summed E-state index contributed by atoms with van der Waals surface area (Å²) in [6.45, 7) is 8.52. The summed E-state index contributed by atoms with van der Waals surface area (Å²) in [4.78, 5) is 0. The molecule has 18 heavy (non-hydrogen) atoms. The van der Waals surface area contributed by atoms with Gasteiger partial charge < -0.3 is 5.32 Å². The Labute approximate surface area is 114 Å². The van der Waals surface area contributed by atoms with Gasteiger partial charge in [-0.25, -0.2) is 0 Å². The van der Waals surface area contributed by atoms with E-state index in [1.54, 1.807) is 0 Å². The average Bonchev–Trinajstić information content (AvgIpc) is 2.36. The van der Waals surface area contributed by atoms with Crippen LogP contribution in [0.15, 0.2) is 0 Å². The van der Waals surface area contributed by atoms with E-state index >= 15 is 0 Å². The Kier molecular flexibility index (Phi) is 5.12. The van der Waals surface area contributed by atoms with Crippen LogP contribution >= 0.6 is 0 Å². The van der Waals surface area contributed by atoms with Crippen molar-refractivity contribution < 1.29 is 0 Å². The number of hydrogen-bond acceptors (Lipinski definition) is 1. The Morgan fingerprint density at radius 2 is 1.67 bits per heavy atom. The van der Waals surface area contributed by atoms with Gasteiger partial charge in [-0.1, -0.05) is 46.5 Å². The van der Waals surface area contributed by atoms with Crippen LogP contribution in [0.2, 0.25) is 0 Å². The van der Waals surface area contributed by atoms with E-state index in [0.29, 0.717) is 5.41 Å². The maximum atomic E-state index is 3.88. The molecule has 1 N–H and O–H groups in total. The third-order valence-corrected chi connectivity index (χ3v) is 5.44. The van der Waals surface area contributed by atoms with Gasteiger partial charge in [0.05, 0.1) is 0 Å². The Balaban J connectivity index is 1.66. The van der Waals surface area contributed by atoms with Gasteiger partial charge in [-0.15, -0.1) is 0 Å². The molecule has 0 radical (unpaired) electrons. The fourth-order valence-electron chi connectivity index (χ4n) is 4.05. The minimum atomic E-state index is 0.579. The quantitative estimate of drug-likeness (QED) is 0.759. The molecule has 0 heterocycles. The molecule has 0 amide bonds. The van der Waals surface area contributed by atoms with E-state index in [0.717, 1.165) is 17.9 Å². The molecule has 0 bridgehead atoms. The molecule has 2 rings (SSSR count). The van der Waals surface area contributed by atoms with Crippen LogP contribution in [0, 0.1) is 17.3 Å². The van der Waals surface area contributed by atoms with Gasteiger partial charge in [-0.05, 0) is 55.9 Å². The first kappa shape index (κ1) is 14.4. The van der Waals surface area contributed by atoms with Gasteiger partial charge in [0, 0.05) is 6.04 Å². The largest absolute Gasteiger partial charge is 0.314 e. The first-order valence-corrected chi connectivity index (χ1v) is 8.32. The van der Waals surface area contributed by atoms with Gasteiger partial charge >= 0.3 is 0 Å². The van der Waals surface area contributed by atoms with Crippen molar-refractivity contribution in [1.29, 1.82) is 0 Å². The number of rotatable bonds is 4. The Morgan fingerprint density at radius 1 is 1.00 bits per heavy atom. The summed E-state index contributed by atoms with van der Waals surface area (Å²) in [5, 5.41) is 3.88. The lowest BCUT2D eigenvalue weighted by atomic mass is 9.75. The second kappa shape index (κ2) is 6.41. The summed E-state index contributed by atoms with van der Waals surface area (Å²) in [7, 11) is 0. The fourth-order valence-corrected chi connectivity index (χ4v) is 4.05. The molecule has 0 aromatic rings. The standard InChI is InChI=1S/C17H33N/c1-4-14-7-9-15(10-8-14)13-18-16-6-5-11-17(2,3)12-16/h14-16,18H,4-13H2,1-3H3. The predicted molar refractivity (Wildman–Crippen MR) is 79.8 cm³/mol. The molecule has 2 saturated carbocycles. The topological polar surface area (TPSA) is 12.0 Å². The van der Waals surface area contributed by atoms with Gasteiger partial charge in [0.15, 0.2) is 0 Å². The summed E-state index contributed by atoms with van der Waals surface area (Å²) >= 11 is 0. The normalized spacial score (nSPS) is 36.5. The molecule has 2 aliphatic carbocycles. The van der Waals surface area contributed by atoms with Gasteiger partial charge in [0.2, 0.25) is 0 Å².